The topological polar surface area (TPSA) is 76.4 Å². The van der Waals surface area contributed by atoms with Crippen LogP contribution in [0.4, 0.5) is 5.00 Å². The average Bonchev–Trinajstić information content (AvgIpc) is 3.08. The Morgan fingerprint density at radius 3 is 2.52 bits per heavy atom. The van der Waals surface area contributed by atoms with Gasteiger partial charge < -0.3 is 10.3 Å². The molecule has 3 heterocycles. The number of aliphatic hydroxyl groups is 1. The minimum Gasteiger partial charge on any atom is -0.580 e. The van der Waals surface area contributed by atoms with E-state index in [2.05, 4.69) is 4.98 Å². The van der Waals surface area contributed by atoms with Crippen LogP contribution in [0.2, 0.25) is 5.02 Å². The van der Waals surface area contributed by atoms with Crippen molar-refractivity contribution in [2.45, 2.75) is 5.60 Å². The number of nitrogens with zero attached hydrogens (tertiary/aromatic N) is 2. The van der Waals surface area contributed by atoms with E-state index >= 15 is 0 Å². The van der Waals surface area contributed by atoms with Gasteiger partial charge in [0.1, 0.15) is 17.5 Å². The zero-order valence-electron chi connectivity index (χ0n) is 12.8. The molecule has 0 radical (unpaired) electrons. The van der Waals surface area contributed by atoms with Crippen molar-refractivity contribution in [1.29, 1.82) is 0 Å². The van der Waals surface area contributed by atoms with Crippen molar-refractivity contribution in [3.8, 4) is 10.4 Å². The third kappa shape index (κ3) is 2.88. The summed E-state index contributed by atoms with van der Waals surface area (Å²) in [4.78, 5) is 4.78. The van der Waals surface area contributed by atoms with Crippen LogP contribution < -0.4 is 4.21 Å². The maximum Gasteiger partial charge on any atom is 0.240 e. The molecule has 0 spiro atoms. The first-order chi connectivity index (χ1) is 11.9. The van der Waals surface area contributed by atoms with Crippen molar-refractivity contribution >= 4 is 39.9 Å². The van der Waals surface area contributed by atoms with E-state index in [9.17, 15) is 15.5 Å². The van der Waals surface area contributed by atoms with Crippen LogP contribution in [0.25, 0.3) is 10.4 Å². The van der Waals surface area contributed by atoms with Crippen LogP contribution in [0.15, 0.2) is 54.9 Å². The molecular formula is C17H13ClN2O3S2. The van der Waals surface area contributed by atoms with Crippen LogP contribution in [0.5, 0.6) is 0 Å². The predicted molar refractivity (Wildman–Crippen MR) is 101 cm³/mol. The molecule has 1 aromatic carbocycles. The van der Waals surface area contributed by atoms with Crippen molar-refractivity contribution in [2.24, 2.45) is 0 Å². The second kappa shape index (κ2) is 6.07. The normalized spacial score (nSPS) is 25.6. The molecule has 0 fully saturated rings. The van der Waals surface area contributed by atoms with Gasteiger partial charge in [-0.2, -0.15) is 5.21 Å². The largest absolute Gasteiger partial charge is 0.580 e. The number of hydrogen-bond donors (Lipinski definition) is 2. The van der Waals surface area contributed by atoms with E-state index in [0.717, 1.165) is 22.4 Å². The standard InChI is InChI=1S/C17H13ClN2O3S2/c18-13-3-1-12(2-4-13)17(21)10-24-20(22,23)16-14(17)9-15(25-16)11-5-7-19-8-6-11/h1-9,21-22H,10H2. The highest BCUT2D eigenvalue weighted by Crippen LogP contribution is 2.53. The molecule has 0 amide bonds. The molecule has 4 rings (SSSR count). The molecule has 3 aromatic rings. The molecule has 8 heteroatoms. The number of quaternary nitrogens is 1. The average molecular weight is 393 g/mol. The van der Waals surface area contributed by atoms with E-state index in [1.54, 1.807) is 42.7 Å². The van der Waals surface area contributed by atoms with Crippen LogP contribution in [0, 0.1) is 5.21 Å². The van der Waals surface area contributed by atoms with E-state index in [-0.39, 0.29) is 10.8 Å². The summed E-state index contributed by atoms with van der Waals surface area (Å²) >= 11 is 7.84. The molecule has 5 nitrogen and oxygen atoms in total. The zero-order valence-corrected chi connectivity index (χ0v) is 15.2. The van der Waals surface area contributed by atoms with Crippen LogP contribution >= 0.6 is 34.9 Å². The van der Waals surface area contributed by atoms with Gasteiger partial charge in [-0.05, 0) is 41.5 Å². The quantitative estimate of drug-likeness (QED) is 0.380. The Balaban J connectivity index is 1.89. The number of aromatic nitrogens is 1. The van der Waals surface area contributed by atoms with Crippen molar-refractivity contribution in [2.75, 3.05) is 5.75 Å². The highest BCUT2D eigenvalue weighted by Gasteiger charge is 2.48. The molecule has 0 saturated carbocycles. The molecule has 1 aliphatic rings. The van der Waals surface area contributed by atoms with E-state index in [1.807, 2.05) is 12.1 Å². The van der Waals surface area contributed by atoms with Gasteiger partial charge in [-0.1, -0.05) is 35.1 Å². The summed E-state index contributed by atoms with van der Waals surface area (Å²) in [6.07, 6.45) is 3.32. The summed E-state index contributed by atoms with van der Waals surface area (Å²) in [7, 11) is 0. The number of thiophene rings is 1. The highest BCUT2D eigenvalue weighted by atomic mass is 35.5. The molecule has 128 valence electrons. The Labute approximate surface area is 157 Å². The summed E-state index contributed by atoms with van der Waals surface area (Å²) in [5, 5.41) is 34.8. The molecular weight excluding hydrogens is 380 g/mol. The summed E-state index contributed by atoms with van der Waals surface area (Å²) < 4.78 is -1.55. The SMILES string of the molecule is [O-][N+]1(O)SCC(O)(c2ccc(Cl)cc2)c2cc(-c3ccncc3)sc21. The maximum absolute atomic E-state index is 12.5. The number of fused-ring (bicyclic) bond motifs is 1. The first kappa shape index (κ1) is 17.0. The number of halogens is 1. The van der Waals surface area contributed by atoms with Gasteiger partial charge in [0, 0.05) is 22.3 Å². The molecule has 2 unspecified atom stereocenters. The smallest absolute Gasteiger partial charge is 0.240 e. The van der Waals surface area contributed by atoms with Gasteiger partial charge in [-0.25, -0.2) is 0 Å². The van der Waals surface area contributed by atoms with E-state index in [4.69, 9.17) is 11.6 Å². The fourth-order valence-electron chi connectivity index (χ4n) is 2.83. The van der Waals surface area contributed by atoms with Gasteiger partial charge in [0.25, 0.3) is 0 Å². The second-order valence-electron chi connectivity index (χ2n) is 5.73. The van der Waals surface area contributed by atoms with Gasteiger partial charge in [-0.3, -0.25) is 4.98 Å². The van der Waals surface area contributed by atoms with Gasteiger partial charge >= 0.3 is 0 Å². The minimum atomic E-state index is -1.55. The molecule has 2 N–H and O–H groups in total. The number of pyridine rings is 1. The van der Waals surface area contributed by atoms with Crippen molar-refractivity contribution < 1.29 is 10.3 Å². The van der Waals surface area contributed by atoms with Gasteiger partial charge in [0.2, 0.25) is 5.00 Å². The lowest BCUT2D eigenvalue weighted by Crippen LogP contribution is -2.43. The first-order valence-electron chi connectivity index (χ1n) is 7.41. The first-order valence-corrected chi connectivity index (χ1v) is 9.55. The predicted octanol–water partition coefficient (Wildman–Crippen LogP) is 4.56. The summed E-state index contributed by atoms with van der Waals surface area (Å²) in [6, 6.07) is 12.3. The molecule has 0 aliphatic carbocycles. The Bertz CT molecular complexity index is 915. The van der Waals surface area contributed by atoms with Crippen molar-refractivity contribution in [3.05, 3.63) is 76.2 Å². The van der Waals surface area contributed by atoms with Crippen LogP contribution in [0.1, 0.15) is 11.1 Å². The third-order valence-electron chi connectivity index (χ3n) is 4.15. The number of hydrogen-bond acceptors (Lipinski definition) is 6. The zero-order chi connectivity index (χ0) is 17.7. The lowest BCUT2D eigenvalue weighted by Gasteiger charge is -2.39. The lowest BCUT2D eigenvalue weighted by atomic mass is 9.88. The molecule has 2 aromatic heterocycles. The van der Waals surface area contributed by atoms with E-state index < -0.39 is 9.82 Å². The van der Waals surface area contributed by atoms with Crippen LogP contribution in [-0.2, 0) is 5.60 Å². The second-order valence-corrected chi connectivity index (χ2v) is 8.24. The fraction of sp³-hybridized carbons (Fsp3) is 0.118. The lowest BCUT2D eigenvalue weighted by molar-refractivity contribution is 0.0521. The van der Waals surface area contributed by atoms with Crippen molar-refractivity contribution in [1.82, 2.24) is 9.20 Å². The Morgan fingerprint density at radius 1 is 1.16 bits per heavy atom. The molecule has 0 bridgehead atoms. The Kier molecular flexibility index (Phi) is 4.12. The number of rotatable bonds is 2. The van der Waals surface area contributed by atoms with Gasteiger partial charge in [0.05, 0.1) is 11.3 Å². The minimum absolute atomic E-state index is 0.0359. The molecule has 2 atom stereocenters. The van der Waals surface area contributed by atoms with Crippen LogP contribution in [0.3, 0.4) is 0 Å². The third-order valence-corrected chi connectivity index (χ3v) is 6.83. The number of benzene rings is 1. The Hall–Kier alpha value is -1.45. The Morgan fingerprint density at radius 2 is 1.84 bits per heavy atom. The van der Waals surface area contributed by atoms with E-state index in [0.29, 0.717) is 16.1 Å². The summed E-state index contributed by atoms with van der Waals surface area (Å²) in [5.41, 5.74) is 0.548. The van der Waals surface area contributed by atoms with Crippen LogP contribution in [-0.4, -0.2) is 21.1 Å². The van der Waals surface area contributed by atoms with Crippen molar-refractivity contribution in [3.63, 3.8) is 0 Å². The molecule has 0 saturated heterocycles. The highest BCUT2D eigenvalue weighted by molar-refractivity contribution is 7.99. The molecule has 25 heavy (non-hydrogen) atoms. The molecule has 1 aliphatic heterocycles. The van der Waals surface area contributed by atoms with Gasteiger partial charge in [-0.15, -0.1) is 4.21 Å². The maximum atomic E-state index is 12.5. The van der Waals surface area contributed by atoms with Gasteiger partial charge in [0.15, 0.2) is 0 Å². The van der Waals surface area contributed by atoms with E-state index in [1.165, 1.54) is 11.3 Å². The summed E-state index contributed by atoms with van der Waals surface area (Å²) in [6.45, 7) is 0. The summed E-state index contributed by atoms with van der Waals surface area (Å²) in [5.74, 6) is 0.0359. The monoisotopic (exact) mass is 392 g/mol. The fourth-order valence-corrected chi connectivity index (χ4v) is 5.22.